The number of aromatic nitrogens is 3. The summed E-state index contributed by atoms with van der Waals surface area (Å²) in [4.78, 5) is 4.12. The van der Waals surface area contributed by atoms with Crippen molar-refractivity contribution in [2.75, 3.05) is 13.6 Å². The molecular weight excluding hydrogens is 314 g/mol. The lowest BCUT2D eigenvalue weighted by Gasteiger charge is -2.19. The third-order valence-electron chi connectivity index (χ3n) is 3.66. The van der Waals surface area contributed by atoms with Crippen LogP contribution >= 0.6 is 0 Å². The van der Waals surface area contributed by atoms with Crippen molar-refractivity contribution in [1.29, 1.82) is 0 Å². The summed E-state index contributed by atoms with van der Waals surface area (Å²) in [6.07, 6.45) is 2.50. The highest BCUT2D eigenvalue weighted by molar-refractivity contribution is 5.80. The van der Waals surface area contributed by atoms with Crippen LogP contribution < -0.4 is 10.6 Å². The number of aliphatic imine (C=N–C) groups is 1. The topological polar surface area (TPSA) is 67.1 Å². The second-order valence-electron chi connectivity index (χ2n) is 5.32. The van der Waals surface area contributed by atoms with E-state index in [2.05, 4.69) is 25.8 Å². The first-order valence-corrected chi connectivity index (χ1v) is 7.84. The van der Waals surface area contributed by atoms with E-state index in [0.717, 1.165) is 18.3 Å². The molecule has 0 aliphatic heterocycles. The van der Waals surface area contributed by atoms with E-state index in [-0.39, 0.29) is 6.04 Å². The molecule has 1 heterocycles. The van der Waals surface area contributed by atoms with Crippen LogP contribution in [-0.4, -0.2) is 34.3 Å². The smallest absolute Gasteiger partial charge is 0.191 e. The van der Waals surface area contributed by atoms with Gasteiger partial charge in [0.1, 0.15) is 23.8 Å². The van der Waals surface area contributed by atoms with Crippen molar-refractivity contribution in [3.05, 3.63) is 47.5 Å². The molecule has 8 heteroatoms. The minimum atomic E-state index is -0.591. The molecule has 2 aromatic rings. The number of halogens is 2. The molecule has 24 heavy (non-hydrogen) atoms. The van der Waals surface area contributed by atoms with Gasteiger partial charge in [0.15, 0.2) is 5.96 Å². The van der Waals surface area contributed by atoms with Crippen molar-refractivity contribution in [3.8, 4) is 0 Å². The van der Waals surface area contributed by atoms with Gasteiger partial charge in [0.2, 0.25) is 0 Å². The van der Waals surface area contributed by atoms with Gasteiger partial charge in [-0.15, -0.1) is 10.2 Å². The molecule has 0 saturated heterocycles. The van der Waals surface area contributed by atoms with E-state index in [1.165, 1.54) is 12.1 Å². The summed E-state index contributed by atoms with van der Waals surface area (Å²) in [7, 11) is 1.64. The predicted octanol–water partition coefficient (Wildman–Crippen LogP) is 2.04. The predicted molar refractivity (Wildman–Crippen MR) is 88.7 cm³/mol. The monoisotopic (exact) mass is 336 g/mol. The van der Waals surface area contributed by atoms with Gasteiger partial charge in [-0.05, 0) is 13.0 Å². The molecular formula is C16H22F2N6. The Morgan fingerprint density at radius 1 is 1.38 bits per heavy atom. The second kappa shape index (κ2) is 8.37. The number of benzene rings is 1. The van der Waals surface area contributed by atoms with Crippen molar-refractivity contribution >= 4 is 5.96 Å². The molecule has 0 radical (unpaired) electrons. The Morgan fingerprint density at radius 3 is 2.83 bits per heavy atom. The van der Waals surface area contributed by atoms with Gasteiger partial charge in [0.05, 0.1) is 6.04 Å². The average molecular weight is 336 g/mol. The standard InChI is InChI=1S/C16H22F2N6/c1-4-15-23-21-10-24(15)8-7-20-16(19-3)22-11(2)13-6-5-12(17)9-14(13)18/h5-6,9-11H,4,7-8H2,1-3H3,(H2,19,20,22). The third kappa shape index (κ3) is 4.50. The molecule has 1 atom stereocenters. The molecule has 0 fully saturated rings. The minimum Gasteiger partial charge on any atom is -0.355 e. The maximum absolute atomic E-state index is 13.8. The van der Waals surface area contributed by atoms with Gasteiger partial charge < -0.3 is 15.2 Å². The molecule has 0 bridgehead atoms. The van der Waals surface area contributed by atoms with Crippen LogP contribution in [0.5, 0.6) is 0 Å². The Labute approximate surface area is 140 Å². The molecule has 0 spiro atoms. The zero-order chi connectivity index (χ0) is 17.5. The zero-order valence-corrected chi connectivity index (χ0v) is 14.1. The zero-order valence-electron chi connectivity index (χ0n) is 14.1. The van der Waals surface area contributed by atoms with Gasteiger partial charge in [-0.25, -0.2) is 8.78 Å². The van der Waals surface area contributed by atoms with E-state index in [1.54, 1.807) is 20.3 Å². The van der Waals surface area contributed by atoms with E-state index in [9.17, 15) is 8.78 Å². The summed E-state index contributed by atoms with van der Waals surface area (Å²) in [6, 6.07) is 3.20. The summed E-state index contributed by atoms with van der Waals surface area (Å²) in [6.45, 7) is 5.12. The molecule has 0 aliphatic rings. The van der Waals surface area contributed by atoms with Crippen molar-refractivity contribution in [1.82, 2.24) is 25.4 Å². The lowest BCUT2D eigenvalue weighted by Crippen LogP contribution is -2.40. The van der Waals surface area contributed by atoms with Crippen LogP contribution in [0.4, 0.5) is 8.78 Å². The number of hydrogen-bond acceptors (Lipinski definition) is 3. The Bertz CT molecular complexity index is 698. The fourth-order valence-electron chi connectivity index (χ4n) is 2.36. The average Bonchev–Trinajstić information content (AvgIpc) is 3.01. The molecule has 0 aliphatic carbocycles. The summed E-state index contributed by atoms with van der Waals surface area (Å²) in [5.74, 6) is 0.285. The molecule has 1 unspecified atom stereocenters. The molecule has 1 aromatic carbocycles. The molecule has 6 nitrogen and oxygen atoms in total. The van der Waals surface area contributed by atoms with E-state index in [1.807, 2.05) is 11.5 Å². The molecule has 0 amide bonds. The largest absolute Gasteiger partial charge is 0.355 e. The second-order valence-corrected chi connectivity index (χ2v) is 5.32. The first kappa shape index (κ1) is 17.8. The van der Waals surface area contributed by atoms with E-state index in [4.69, 9.17) is 0 Å². The minimum absolute atomic E-state index is 0.349. The number of guanidine groups is 1. The summed E-state index contributed by atoms with van der Waals surface area (Å²) < 4.78 is 28.8. The lowest BCUT2D eigenvalue weighted by atomic mass is 10.1. The van der Waals surface area contributed by atoms with Crippen LogP contribution in [0.15, 0.2) is 29.5 Å². The highest BCUT2D eigenvalue weighted by atomic mass is 19.1. The van der Waals surface area contributed by atoms with Gasteiger partial charge in [-0.2, -0.15) is 0 Å². The Kier molecular flexibility index (Phi) is 6.22. The maximum atomic E-state index is 13.8. The molecule has 0 saturated carbocycles. The summed E-state index contributed by atoms with van der Waals surface area (Å²) >= 11 is 0. The number of aryl methyl sites for hydroxylation is 1. The van der Waals surface area contributed by atoms with Crippen LogP contribution in [0.3, 0.4) is 0 Å². The summed E-state index contributed by atoms with van der Waals surface area (Å²) in [5.41, 5.74) is 0.381. The van der Waals surface area contributed by atoms with Crippen LogP contribution in [0.25, 0.3) is 0 Å². The fourth-order valence-corrected chi connectivity index (χ4v) is 2.36. The Hall–Kier alpha value is -2.51. The number of nitrogens with zero attached hydrogens (tertiary/aromatic N) is 4. The van der Waals surface area contributed by atoms with Crippen molar-refractivity contribution in [3.63, 3.8) is 0 Å². The summed E-state index contributed by atoms with van der Waals surface area (Å²) in [5, 5.41) is 14.2. The van der Waals surface area contributed by atoms with Gasteiger partial charge in [-0.3, -0.25) is 4.99 Å². The van der Waals surface area contributed by atoms with Crippen molar-refractivity contribution < 1.29 is 8.78 Å². The van der Waals surface area contributed by atoms with Crippen molar-refractivity contribution in [2.24, 2.45) is 4.99 Å². The highest BCUT2D eigenvalue weighted by Gasteiger charge is 2.13. The van der Waals surface area contributed by atoms with Crippen LogP contribution in [0, 0.1) is 11.6 Å². The van der Waals surface area contributed by atoms with Gasteiger partial charge >= 0.3 is 0 Å². The highest BCUT2D eigenvalue weighted by Crippen LogP contribution is 2.17. The van der Waals surface area contributed by atoms with Gasteiger partial charge in [0, 0.05) is 38.2 Å². The normalized spacial score (nSPS) is 13.0. The molecule has 1 aromatic heterocycles. The lowest BCUT2D eigenvalue weighted by molar-refractivity contribution is 0.549. The van der Waals surface area contributed by atoms with E-state index < -0.39 is 11.6 Å². The fraction of sp³-hybridized carbons (Fsp3) is 0.438. The van der Waals surface area contributed by atoms with Crippen molar-refractivity contribution in [2.45, 2.75) is 32.9 Å². The Morgan fingerprint density at radius 2 is 2.17 bits per heavy atom. The number of nitrogens with one attached hydrogen (secondary N) is 2. The Balaban J connectivity index is 1.90. The van der Waals surface area contributed by atoms with Crippen LogP contribution in [0.2, 0.25) is 0 Å². The van der Waals surface area contributed by atoms with Crippen LogP contribution in [0.1, 0.15) is 31.3 Å². The van der Waals surface area contributed by atoms with Gasteiger partial charge in [0.25, 0.3) is 0 Å². The SMILES string of the molecule is CCc1nncn1CCNC(=NC)NC(C)c1ccc(F)cc1F. The molecule has 2 N–H and O–H groups in total. The first-order valence-electron chi connectivity index (χ1n) is 7.84. The number of hydrogen-bond donors (Lipinski definition) is 2. The van der Waals surface area contributed by atoms with Crippen LogP contribution in [-0.2, 0) is 13.0 Å². The quantitative estimate of drug-likeness (QED) is 0.626. The molecule has 2 rings (SSSR count). The third-order valence-corrected chi connectivity index (χ3v) is 3.66. The van der Waals surface area contributed by atoms with E-state index in [0.29, 0.717) is 24.6 Å². The van der Waals surface area contributed by atoms with E-state index >= 15 is 0 Å². The first-order chi connectivity index (χ1) is 11.5. The van der Waals surface area contributed by atoms with Gasteiger partial charge in [-0.1, -0.05) is 13.0 Å². The maximum Gasteiger partial charge on any atom is 0.191 e. The molecule has 130 valence electrons. The number of rotatable bonds is 6.